The minimum absolute atomic E-state index is 0.475. The second-order valence-electron chi connectivity index (χ2n) is 4.83. The summed E-state index contributed by atoms with van der Waals surface area (Å²) in [5.74, 6) is 0. The van der Waals surface area contributed by atoms with Gasteiger partial charge in [0.2, 0.25) is 0 Å². The predicted octanol–water partition coefficient (Wildman–Crippen LogP) is 1.50. The molecule has 0 aromatic rings. The normalized spacial score (nSPS) is 19.8. The molecule has 1 heterocycles. The molecule has 0 aliphatic carbocycles. The molecule has 0 radical (unpaired) electrons. The standard InChI is InChI=1S/C14H30N2O2/c1-3-16(13-14-7-5-12-18-14)10-9-15-8-6-11-17-4-2/h14-15H,3-13H2,1-2H3. The number of likely N-dealkylation sites (N-methyl/N-ethyl adjacent to an activating group) is 1. The molecular weight excluding hydrogens is 228 g/mol. The number of nitrogens with one attached hydrogen (secondary N) is 1. The minimum atomic E-state index is 0.475. The van der Waals surface area contributed by atoms with Gasteiger partial charge in [0.1, 0.15) is 0 Å². The first-order valence-corrected chi connectivity index (χ1v) is 7.49. The number of hydrogen-bond acceptors (Lipinski definition) is 4. The summed E-state index contributed by atoms with van der Waals surface area (Å²) in [5, 5.41) is 3.47. The highest BCUT2D eigenvalue weighted by Gasteiger charge is 2.17. The van der Waals surface area contributed by atoms with Gasteiger partial charge in [0, 0.05) is 39.5 Å². The van der Waals surface area contributed by atoms with Crippen molar-refractivity contribution in [2.75, 3.05) is 52.5 Å². The van der Waals surface area contributed by atoms with Gasteiger partial charge in [-0.3, -0.25) is 4.90 Å². The largest absolute Gasteiger partial charge is 0.382 e. The maximum atomic E-state index is 5.68. The van der Waals surface area contributed by atoms with Crippen molar-refractivity contribution in [2.45, 2.75) is 39.2 Å². The Kier molecular flexibility index (Phi) is 9.48. The Morgan fingerprint density at radius 1 is 1.33 bits per heavy atom. The molecule has 1 atom stereocenters. The molecule has 1 aliphatic rings. The fourth-order valence-electron chi connectivity index (χ4n) is 2.26. The smallest absolute Gasteiger partial charge is 0.0702 e. The lowest BCUT2D eigenvalue weighted by molar-refractivity contribution is 0.0750. The van der Waals surface area contributed by atoms with Crippen LogP contribution in [0, 0.1) is 0 Å². The second-order valence-corrected chi connectivity index (χ2v) is 4.83. The highest BCUT2D eigenvalue weighted by atomic mass is 16.5. The van der Waals surface area contributed by atoms with Crippen molar-refractivity contribution in [1.82, 2.24) is 10.2 Å². The summed E-state index contributed by atoms with van der Waals surface area (Å²) in [5.41, 5.74) is 0. The molecule has 1 unspecified atom stereocenters. The summed E-state index contributed by atoms with van der Waals surface area (Å²) in [6, 6.07) is 0. The van der Waals surface area contributed by atoms with Gasteiger partial charge >= 0.3 is 0 Å². The van der Waals surface area contributed by atoms with Crippen LogP contribution in [0.25, 0.3) is 0 Å². The van der Waals surface area contributed by atoms with Crippen LogP contribution in [0.4, 0.5) is 0 Å². The van der Waals surface area contributed by atoms with Crippen molar-refractivity contribution >= 4 is 0 Å². The fourth-order valence-corrected chi connectivity index (χ4v) is 2.26. The zero-order chi connectivity index (χ0) is 13.1. The van der Waals surface area contributed by atoms with Crippen LogP contribution in [0.3, 0.4) is 0 Å². The summed E-state index contributed by atoms with van der Waals surface area (Å²) < 4.78 is 11.0. The molecule has 0 spiro atoms. The summed E-state index contributed by atoms with van der Waals surface area (Å²) in [6.07, 6.45) is 4.05. The summed E-state index contributed by atoms with van der Waals surface area (Å²) in [6.45, 7) is 12.4. The molecule has 18 heavy (non-hydrogen) atoms. The van der Waals surface area contributed by atoms with Crippen LogP contribution >= 0.6 is 0 Å². The molecule has 108 valence electrons. The van der Waals surface area contributed by atoms with E-state index in [0.29, 0.717) is 6.10 Å². The molecule has 0 amide bonds. The first-order valence-electron chi connectivity index (χ1n) is 7.49. The van der Waals surface area contributed by atoms with Gasteiger partial charge < -0.3 is 14.8 Å². The molecule has 1 rings (SSSR count). The minimum Gasteiger partial charge on any atom is -0.382 e. The van der Waals surface area contributed by atoms with Gasteiger partial charge in [0.25, 0.3) is 0 Å². The Balaban J connectivity index is 1.94. The monoisotopic (exact) mass is 258 g/mol. The summed E-state index contributed by atoms with van der Waals surface area (Å²) in [7, 11) is 0. The maximum absolute atomic E-state index is 5.68. The van der Waals surface area contributed by atoms with Crippen molar-refractivity contribution < 1.29 is 9.47 Å². The number of hydrogen-bond donors (Lipinski definition) is 1. The zero-order valence-electron chi connectivity index (χ0n) is 12.1. The molecule has 0 aromatic heterocycles. The van der Waals surface area contributed by atoms with Crippen LogP contribution in [-0.4, -0.2) is 63.5 Å². The van der Waals surface area contributed by atoms with E-state index in [1.54, 1.807) is 0 Å². The third-order valence-corrected chi connectivity index (χ3v) is 3.38. The Morgan fingerprint density at radius 3 is 2.89 bits per heavy atom. The van der Waals surface area contributed by atoms with E-state index in [-0.39, 0.29) is 0 Å². The molecule has 0 bridgehead atoms. The fraction of sp³-hybridized carbons (Fsp3) is 1.00. The van der Waals surface area contributed by atoms with E-state index in [9.17, 15) is 0 Å². The average molecular weight is 258 g/mol. The van der Waals surface area contributed by atoms with Crippen LogP contribution in [0.5, 0.6) is 0 Å². The Bertz CT molecular complexity index is 185. The van der Waals surface area contributed by atoms with Crippen molar-refractivity contribution in [3.05, 3.63) is 0 Å². The molecule has 1 saturated heterocycles. The number of rotatable bonds is 11. The van der Waals surface area contributed by atoms with Gasteiger partial charge in [-0.05, 0) is 39.3 Å². The van der Waals surface area contributed by atoms with Gasteiger partial charge in [-0.25, -0.2) is 0 Å². The molecule has 0 saturated carbocycles. The topological polar surface area (TPSA) is 33.7 Å². The van der Waals surface area contributed by atoms with Crippen molar-refractivity contribution in [1.29, 1.82) is 0 Å². The van der Waals surface area contributed by atoms with Gasteiger partial charge in [-0.1, -0.05) is 6.92 Å². The highest BCUT2D eigenvalue weighted by molar-refractivity contribution is 4.70. The second kappa shape index (κ2) is 10.7. The Labute approximate surface area is 112 Å². The first kappa shape index (κ1) is 15.9. The SMILES string of the molecule is CCOCCCNCCN(CC)CC1CCCO1. The Hall–Kier alpha value is -0.160. The summed E-state index contributed by atoms with van der Waals surface area (Å²) in [4.78, 5) is 2.48. The van der Waals surface area contributed by atoms with Gasteiger partial charge in [-0.15, -0.1) is 0 Å². The van der Waals surface area contributed by atoms with Gasteiger partial charge in [0.15, 0.2) is 0 Å². The third-order valence-electron chi connectivity index (χ3n) is 3.38. The van der Waals surface area contributed by atoms with Crippen LogP contribution in [0.1, 0.15) is 33.1 Å². The molecule has 0 aromatic carbocycles. The maximum Gasteiger partial charge on any atom is 0.0702 e. The first-order chi connectivity index (χ1) is 8.86. The van der Waals surface area contributed by atoms with E-state index in [2.05, 4.69) is 17.1 Å². The van der Waals surface area contributed by atoms with Crippen LogP contribution < -0.4 is 5.32 Å². The van der Waals surface area contributed by atoms with Crippen LogP contribution in [-0.2, 0) is 9.47 Å². The van der Waals surface area contributed by atoms with Gasteiger partial charge in [-0.2, -0.15) is 0 Å². The molecule has 1 fully saturated rings. The van der Waals surface area contributed by atoms with E-state index >= 15 is 0 Å². The summed E-state index contributed by atoms with van der Waals surface area (Å²) >= 11 is 0. The average Bonchev–Trinajstić information content (AvgIpc) is 2.89. The zero-order valence-corrected chi connectivity index (χ0v) is 12.1. The van der Waals surface area contributed by atoms with Gasteiger partial charge in [0.05, 0.1) is 6.10 Å². The lowest BCUT2D eigenvalue weighted by atomic mass is 10.2. The lowest BCUT2D eigenvalue weighted by Gasteiger charge is -2.23. The quantitative estimate of drug-likeness (QED) is 0.570. The highest BCUT2D eigenvalue weighted by Crippen LogP contribution is 2.12. The van der Waals surface area contributed by atoms with Crippen LogP contribution in [0.2, 0.25) is 0 Å². The molecule has 4 nitrogen and oxygen atoms in total. The predicted molar refractivity (Wildman–Crippen MR) is 75.1 cm³/mol. The molecule has 1 aliphatic heterocycles. The van der Waals surface area contributed by atoms with E-state index in [1.807, 2.05) is 6.92 Å². The van der Waals surface area contributed by atoms with E-state index in [1.165, 1.54) is 12.8 Å². The Morgan fingerprint density at radius 2 is 2.22 bits per heavy atom. The number of nitrogens with zero attached hydrogens (tertiary/aromatic N) is 1. The van der Waals surface area contributed by atoms with Crippen molar-refractivity contribution in [3.63, 3.8) is 0 Å². The van der Waals surface area contributed by atoms with E-state index in [4.69, 9.17) is 9.47 Å². The molecule has 4 heteroatoms. The third kappa shape index (κ3) is 7.31. The van der Waals surface area contributed by atoms with E-state index < -0.39 is 0 Å². The van der Waals surface area contributed by atoms with Crippen molar-refractivity contribution in [2.24, 2.45) is 0 Å². The van der Waals surface area contributed by atoms with Crippen molar-refractivity contribution in [3.8, 4) is 0 Å². The molecule has 1 N–H and O–H groups in total. The molecular formula is C14H30N2O2. The lowest BCUT2D eigenvalue weighted by Crippen LogP contribution is -2.37. The van der Waals surface area contributed by atoms with Crippen LogP contribution in [0.15, 0.2) is 0 Å². The number of ether oxygens (including phenoxy) is 2. The van der Waals surface area contributed by atoms with E-state index in [0.717, 1.165) is 59.0 Å².